The number of fused-ring (bicyclic) bond motifs is 1. The summed E-state index contributed by atoms with van der Waals surface area (Å²) in [5, 5.41) is 20.1. The van der Waals surface area contributed by atoms with E-state index >= 15 is 0 Å². The summed E-state index contributed by atoms with van der Waals surface area (Å²) in [6.07, 6.45) is 13.2. The molecule has 0 amide bonds. The van der Waals surface area contributed by atoms with E-state index in [0.717, 1.165) is 36.3 Å². The standard InChI is InChI=1S/C27H43FO2/c1-18(8-6-14-26(3,4)28)23-12-13-24-20(9-7-15-27(23,24)5)10-11-21-16-22(29)17-25(30)19(21)2/h10-11,18,22-25,29-30H,2,6-9,12-17H2,1,3-5H3/b20-10+,21-11-/t18-,22+,23-,24+,25-,27-/m1/s1. The van der Waals surface area contributed by atoms with Gasteiger partial charge in [-0.3, -0.25) is 0 Å². The fourth-order valence-electron chi connectivity index (χ4n) is 6.72. The van der Waals surface area contributed by atoms with Crippen LogP contribution in [0.5, 0.6) is 0 Å². The smallest absolute Gasteiger partial charge is 0.105 e. The Morgan fingerprint density at radius 1 is 1.27 bits per heavy atom. The summed E-state index contributed by atoms with van der Waals surface area (Å²) in [5.41, 5.74) is 2.59. The maximum Gasteiger partial charge on any atom is 0.105 e. The number of aliphatic hydroxyl groups excluding tert-OH is 2. The monoisotopic (exact) mass is 418 g/mol. The van der Waals surface area contributed by atoms with Crippen molar-refractivity contribution in [1.82, 2.24) is 0 Å². The van der Waals surface area contributed by atoms with Crippen LogP contribution < -0.4 is 0 Å². The van der Waals surface area contributed by atoms with E-state index in [1.807, 2.05) is 0 Å². The van der Waals surface area contributed by atoms with Gasteiger partial charge in [-0.05, 0) is 93.1 Å². The number of allylic oxidation sites excluding steroid dienone is 3. The van der Waals surface area contributed by atoms with Crippen molar-refractivity contribution in [3.63, 3.8) is 0 Å². The SMILES string of the molecule is C=C1/C(=C\C=C2/CCC[C@]3(C)[C@@H]([C@H](C)CCCC(C)(C)F)CC[C@@H]23)C[C@H](O)C[C@H]1O. The maximum atomic E-state index is 13.9. The van der Waals surface area contributed by atoms with Crippen LogP contribution in [0.3, 0.4) is 0 Å². The second-order valence-electron chi connectivity index (χ2n) is 11.3. The van der Waals surface area contributed by atoms with Crippen molar-refractivity contribution in [3.8, 4) is 0 Å². The van der Waals surface area contributed by atoms with Crippen LogP contribution >= 0.6 is 0 Å². The third-order valence-electron chi connectivity index (χ3n) is 8.42. The summed E-state index contributed by atoms with van der Waals surface area (Å²) in [7, 11) is 0. The first-order chi connectivity index (χ1) is 14.0. The molecule has 170 valence electrons. The second-order valence-corrected chi connectivity index (χ2v) is 11.3. The van der Waals surface area contributed by atoms with E-state index in [2.05, 4.69) is 32.6 Å². The Balaban J connectivity index is 1.70. The predicted molar refractivity (Wildman–Crippen MR) is 123 cm³/mol. The molecule has 3 saturated carbocycles. The highest BCUT2D eigenvalue weighted by atomic mass is 19.1. The minimum atomic E-state index is -1.06. The van der Waals surface area contributed by atoms with Crippen LogP contribution in [0.1, 0.15) is 91.9 Å². The van der Waals surface area contributed by atoms with Crippen molar-refractivity contribution in [3.05, 3.63) is 35.5 Å². The Kier molecular flexibility index (Phi) is 7.34. The molecule has 3 fully saturated rings. The van der Waals surface area contributed by atoms with Crippen LogP contribution in [0.15, 0.2) is 35.5 Å². The molecule has 3 aliphatic rings. The third kappa shape index (κ3) is 5.27. The maximum absolute atomic E-state index is 13.9. The molecule has 3 heteroatoms. The van der Waals surface area contributed by atoms with Gasteiger partial charge in [0.25, 0.3) is 0 Å². The number of aliphatic hydroxyl groups is 2. The second kappa shape index (κ2) is 9.28. The first kappa shape index (κ1) is 23.7. The van der Waals surface area contributed by atoms with Crippen LogP contribution in [0.2, 0.25) is 0 Å². The lowest BCUT2D eigenvalue weighted by Crippen LogP contribution is -2.36. The zero-order valence-electron chi connectivity index (χ0n) is 19.6. The number of halogens is 1. The summed E-state index contributed by atoms with van der Waals surface area (Å²) >= 11 is 0. The zero-order valence-corrected chi connectivity index (χ0v) is 19.6. The molecule has 2 nitrogen and oxygen atoms in total. The van der Waals surface area contributed by atoms with Crippen molar-refractivity contribution < 1.29 is 14.6 Å². The molecule has 0 bridgehead atoms. The van der Waals surface area contributed by atoms with Crippen molar-refractivity contribution in [2.75, 3.05) is 0 Å². The molecule has 0 unspecified atom stereocenters. The number of hydrogen-bond acceptors (Lipinski definition) is 2. The molecule has 3 aliphatic carbocycles. The summed E-state index contributed by atoms with van der Waals surface area (Å²) in [6.45, 7) is 12.3. The van der Waals surface area contributed by atoms with Crippen molar-refractivity contribution >= 4 is 0 Å². The first-order valence-electron chi connectivity index (χ1n) is 12.1. The molecule has 0 aromatic carbocycles. The summed E-state index contributed by atoms with van der Waals surface area (Å²) in [4.78, 5) is 0. The largest absolute Gasteiger partial charge is 0.393 e. The lowest BCUT2D eigenvalue weighted by Gasteiger charge is -2.44. The molecule has 0 spiro atoms. The summed E-state index contributed by atoms with van der Waals surface area (Å²) < 4.78 is 13.9. The highest BCUT2D eigenvalue weighted by Gasteiger charge is 2.50. The fourth-order valence-corrected chi connectivity index (χ4v) is 6.72. The first-order valence-corrected chi connectivity index (χ1v) is 12.1. The van der Waals surface area contributed by atoms with Gasteiger partial charge < -0.3 is 10.2 Å². The normalized spacial score (nSPS) is 38.8. The molecule has 0 heterocycles. The summed E-state index contributed by atoms with van der Waals surface area (Å²) in [5.74, 6) is 1.98. The topological polar surface area (TPSA) is 40.5 Å². The van der Waals surface area contributed by atoms with Gasteiger partial charge in [-0.2, -0.15) is 0 Å². The van der Waals surface area contributed by atoms with E-state index in [4.69, 9.17) is 0 Å². The highest BCUT2D eigenvalue weighted by molar-refractivity contribution is 5.38. The average Bonchev–Trinajstić information content (AvgIpc) is 3.00. The Bertz CT molecular complexity index is 685. The zero-order chi connectivity index (χ0) is 22.1. The molecule has 30 heavy (non-hydrogen) atoms. The van der Waals surface area contributed by atoms with Gasteiger partial charge in [0.05, 0.1) is 12.2 Å². The molecular formula is C27H43FO2. The fraction of sp³-hybridized carbons (Fsp3) is 0.778. The molecule has 0 radical (unpaired) electrons. The van der Waals surface area contributed by atoms with E-state index in [-0.39, 0.29) is 0 Å². The molecule has 0 aromatic heterocycles. The van der Waals surface area contributed by atoms with E-state index in [1.54, 1.807) is 13.8 Å². The van der Waals surface area contributed by atoms with Crippen LogP contribution in [0.25, 0.3) is 0 Å². The molecule has 3 rings (SSSR count). The molecular weight excluding hydrogens is 375 g/mol. The molecule has 0 aliphatic heterocycles. The van der Waals surface area contributed by atoms with E-state index in [0.29, 0.717) is 36.5 Å². The summed E-state index contributed by atoms with van der Waals surface area (Å²) in [6, 6.07) is 0. The van der Waals surface area contributed by atoms with Gasteiger partial charge in [-0.15, -0.1) is 0 Å². The molecule has 0 saturated heterocycles. The van der Waals surface area contributed by atoms with Gasteiger partial charge in [0.2, 0.25) is 0 Å². The lowest BCUT2D eigenvalue weighted by atomic mass is 9.60. The van der Waals surface area contributed by atoms with Gasteiger partial charge in [-0.25, -0.2) is 4.39 Å². The van der Waals surface area contributed by atoms with E-state index < -0.39 is 17.9 Å². The van der Waals surface area contributed by atoms with E-state index in [9.17, 15) is 14.6 Å². The van der Waals surface area contributed by atoms with Crippen molar-refractivity contribution in [1.29, 1.82) is 0 Å². The molecule has 6 atom stereocenters. The van der Waals surface area contributed by atoms with E-state index in [1.165, 1.54) is 31.3 Å². The Labute approximate surface area is 183 Å². The van der Waals surface area contributed by atoms with Crippen LogP contribution in [0, 0.1) is 23.2 Å². The Hall–Kier alpha value is -0.930. The quantitative estimate of drug-likeness (QED) is 0.505. The number of hydrogen-bond donors (Lipinski definition) is 2. The van der Waals surface area contributed by atoms with Crippen LogP contribution in [-0.2, 0) is 0 Å². The molecule has 2 N–H and O–H groups in total. The number of rotatable bonds is 6. The highest BCUT2D eigenvalue weighted by Crippen LogP contribution is 2.60. The van der Waals surface area contributed by atoms with Crippen molar-refractivity contribution in [2.45, 2.75) is 110 Å². The Morgan fingerprint density at radius 3 is 2.70 bits per heavy atom. The Morgan fingerprint density at radius 2 is 2.00 bits per heavy atom. The van der Waals surface area contributed by atoms with Crippen LogP contribution in [0.4, 0.5) is 4.39 Å². The van der Waals surface area contributed by atoms with Gasteiger partial charge in [0.1, 0.15) is 5.67 Å². The van der Waals surface area contributed by atoms with Gasteiger partial charge in [-0.1, -0.05) is 51.0 Å². The van der Waals surface area contributed by atoms with Crippen LogP contribution in [-0.4, -0.2) is 28.1 Å². The average molecular weight is 419 g/mol. The third-order valence-corrected chi connectivity index (χ3v) is 8.42. The molecule has 0 aromatic rings. The minimum absolute atomic E-state index is 0.343. The minimum Gasteiger partial charge on any atom is -0.393 e. The number of alkyl halides is 1. The van der Waals surface area contributed by atoms with Gasteiger partial charge >= 0.3 is 0 Å². The predicted octanol–water partition coefficient (Wildman–Crippen LogP) is 6.68. The lowest BCUT2D eigenvalue weighted by molar-refractivity contribution is 0.0860. The van der Waals surface area contributed by atoms with Crippen molar-refractivity contribution in [2.24, 2.45) is 23.2 Å². The van der Waals surface area contributed by atoms with Gasteiger partial charge in [0, 0.05) is 6.42 Å². The van der Waals surface area contributed by atoms with Gasteiger partial charge in [0.15, 0.2) is 0 Å².